The van der Waals surface area contributed by atoms with Gasteiger partial charge in [0.2, 0.25) is 0 Å². The van der Waals surface area contributed by atoms with Crippen molar-refractivity contribution < 1.29 is 14.0 Å². The molecule has 1 aliphatic heterocycles. The summed E-state index contributed by atoms with van der Waals surface area (Å²) >= 11 is 0. The van der Waals surface area contributed by atoms with E-state index in [1.807, 2.05) is 36.9 Å². The third-order valence-electron chi connectivity index (χ3n) is 5.11. The van der Waals surface area contributed by atoms with Crippen molar-refractivity contribution in [3.05, 3.63) is 65.0 Å². The summed E-state index contributed by atoms with van der Waals surface area (Å²) in [5.74, 6) is -0.626. The summed E-state index contributed by atoms with van der Waals surface area (Å²) in [7, 11) is 0. The number of benzene rings is 2. The summed E-state index contributed by atoms with van der Waals surface area (Å²) in [6.45, 7) is 7.04. The van der Waals surface area contributed by atoms with Crippen LogP contribution in [0.25, 0.3) is 0 Å². The highest BCUT2D eigenvalue weighted by Crippen LogP contribution is 2.28. The molecule has 1 fully saturated rings. The first kappa shape index (κ1) is 20.8. The van der Waals surface area contributed by atoms with Crippen LogP contribution in [0.15, 0.2) is 42.5 Å². The number of hydrogen-bond acceptors (Lipinski definition) is 2. The van der Waals surface area contributed by atoms with E-state index in [4.69, 9.17) is 0 Å². The van der Waals surface area contributed by atoms with E-state index in [0.29, 0.717) is 12.1 Å². The lowest BCUT2D eigenvalue weighted by Crippen LogP contribution is -2.47. The summed E-state index contributed by atoms with van der Waals surface area (Å²) < 4.78 is 14.0. The van der Waals surface area contributed by atoms with Crippen molar-refractivity contribution in [3.8, 4) is 0 Å². The molecule has 0 aliphatic carbocycles. The molecule has 0 unspecified atom stereocenters. The maximum absolute atomic E-state index is 14.0. The molecule has 1 atom stereocenters. The van der Waals surface area contributed by atoms with Crippen LogP contribution in [0.1, 0.15) is 54.1 Å². The van der Waals surface area contributed by atoms with Gasteiger partial charge < -0.3 is 15.5 Å². The van der Waals surface area contributed by atoms with Crippen LogP contribution in [-0.2, 0) is 0 Å². The van der Waals surface area contributed by atoms with Crippen LogP contribution in [-0.4, -0.2) is 36.0 Å². The third kappa shape index (κ3) is 5.34. The van der Waals surface area contributed by atoms with Crippen LogP contribution in [0.3, 0.4) is 0 Å². The number of amides is 3. The fourth-order valence-electron chi connectivity index (χ4n) is 3.62. The Morgan fingerprint density at radius 3 is 2.69 bits per heavy atom. The normalized spacial score (nSPS) is 16.6. The molecule has 0 radical (unpaired) electrons. The molecular weight excluding hydrogens is 369 g/mol. The number of likely N-dealkylation sites (tertiary alicyclic amines) is 1. The minimum Gasteiger partial charge on any atom is -0.336 e. The van der Waals surface area contributed by atoms with E-state index in [1.165, 1.54) is 6.07 Å². The van der Waals surface area contributed by atoms with Gasteiger partial charge in [0.05, 0.1) is 5.69 Å². The van der Waals surface area contributed by atoms with Crippen molar-refractivity contribution in [1.29, 1.82) is 0 Å². The second-order valence-corrected chi connectivity index (χ2v) is 7.95. The van der Waals surface area contributed by atoms with Crippen molar-refractivity contribution >= 4 is 17.6 Å². The Bertz CT molecular complexity index is 897. The number of carbonyl (C=O) groups excluding carboxylic acids is 2. The summed E-state index contributed by atoms with van der Waals surface area (Å²) in [5, 5.41) is 5.58. The summed E-state index contributed by atoms with van der Waals surface area (Å²) in [6.07, 6.45) is 1.88. The van der Waals surface area contributed by atoms with E-state index in [9.17, 15) is 14.0 Å². The van der Waals surface area contributed by atoms with Crippen molar-refractivity contribution in [3.63, 3.8) is 0 Å². The van der Waals surface area contributed by atoms with Gasteiger partial charge in [-0.2, -0.15) is 0 Å². The molecule has 3 amide bonds. The number of aryl methyl sites for hydroxylation is 1. The first-order chi connectivity index (χ1) is 13.8. The lowest BCUT2D eigenvalue weighted by atomic mass is 9.89. The number of rotatable bonds is 4. The molecule has 6 heteroatoms. The molecule has 2 N–H and O–H groups in total. The molecule has 154 valence electrons. The second kappa shape index (κ2) is 9.07. The molecule has 1 aliphatic rings. The average Bonchev–Trinajstić information content (AvgIpc) is 2.70. The molecular formula is C23H28FN3O2. The topological polar surface area (TPSA) is 61.4 Å². The minimum atomic E-state index is -0.450. The number of piperidine rings is 1. The number of nitrogens with zero attached hydrogens (tertiary/aromatic N) is 1. The van der Waals surface area contributed by atoms with Gasteiger partial charge in [-0.15, -0.1) is 0 Å². The quantitative estimate of drug-likeness (QED) is 0.787. The van der Waals surface area contributed by atoms with Crippen molar-refractivity contribution in [1.82, 2.24) is 10.2 Å². The predicted octanol–water partition coefficient (Wildman–Crippen LogP) is 4.68. The Hall–Kier alpha value is -2.89. The molecule has 2 aromatic carbocycles. The maximum Gasteiger partial charge on any atom is 0.317 e. The average molecular weight is 397 g/mol. The van der Waals surface area contributed by atoms with Crippen LogP contribution < -0.4 is 10.6 Å². The van der Waals surface area contributed by atoms with Gasteiger partial charge in [0.1, 0.15) is 5.82 Å². The molecule has 0 bridgehead atoms. The van der Waals surface area contributed by atoms with E-state index in [2.05, 4.69) is 10.6 Å². The van der Waals surface area contributed by atoms with Gasteiger partial charge in [-0.1, -0.05) is 18.2 Å². The highest BCUT2D eigenvalue weighted by molar-refractivity contribution is 6.04. The van der Waals surface area contributed by atoms with E-state index in [0.717, 1.165) is 30.5 Å². The van der Waals surface area contributed by atoms with E-state index in [-0.39, 0.29) is 29.6 Å². The molecule has 3 rings (SSSR count). The van der Waals surface area contributed by atoms with Gasteiger partial charge in [0, 0.05) is 30.6 Å². The first-order valence-electron chi connectivity index (χ1n) is 10.1. The number of anilines is 1. The van der Waals surface area contributed by atoms with E-state index >= 15 is 0 Å². The summed E-state index contributed by atoms with van der Waals surface area (Å²) in [5.41, 5.74) is 2.46. The zero-order chi connectivity index (χ0) is 21.0. The molecule has 5 nitrogen and oxygen atoms in total. The monoisotopic (exact) mass is 397 g/mol. The molecule has 1 saturated heterocycles. The number of urea groups is 1. The Balaban J connectivity index is 1.71. The zero-order valence-corrected chi connectivity index (χ0v) is 17.2. The van der Waals surface area contributed by atoms with Gasteiger partial charge in [-0.25, -0.2) is 9.18 Å². The Morgan fingerprint density at radius 1 is 1.17 bits per heavy atom. The van der Waals surface area contributed by atoms with Crippen LogP contribution >= 0.6 is 0 Å². The van der Waals surface area contributed by atoms with Gasteiger partial charge in [0.25, 0.3) is 5.91 Å². The maximum atomic E-state index is 14.0. The van der Waals surface area contributed by atoms with Gasteiger partial charge in [-0.05, 0) is 69.0 Å². The largest absolute Gasteiger partial charge is 0.336 e. The SMILES string of the molecule is Cc1ccc(NC(=O)c2cccc([C@@H]3CCCN(C(=O)NC(C)C)C3)c2)c(F)c1. The van der Waals surface area contributed by atoms with E-state index < -0.39 is 5.82 Å². The Kier molecular flexibility index (Phi) is 6.52. The van der Waals surface area contributed by atoms with Gasteiger partial charge in [-0.3, -0.25) is 4.79 Å². The lowest BCUT2D eigenvalue weighted by Gasteiger charge is -2.33. The van der Waals surface area contributed by atoms with Crippen molar-refractivity contribution in [2.75, 3.05) is 18.4 Å². The zero-order valence-electron chi connectivity index (χ0n) is 17.2. The second-order valence-electron chi connectivity index (χ2n) is 7.95. The lowest BCUT2D eigenvalue weighted by molar-refractivity contribution is 0.102. The van der Waals surface area contributed by atoms with E-state index in [1.54, 1.807) is 25.1 Å². The summed E-state index contributed by atoms with van der Waals surface area (Å²) in [6, 6.07) is 12.1. The molecule has 0 aromatic heterocycles. The number of halogens is 1. The van der Waals surface area contributed by atoms with Gasteiger partial charge >= 0.3 is 6.03 Å². The van der Waals surface area contributed by atoms with Crippen LogP contribution in [0.2, 0.25) is 0 Å². The minimum absolute atomic E-state index is 0.0477. The third-order valence-corrected chi connectivity index (χ3v) is 5.11. The fraction of sp³-hybridized carbons (Fsp3) is 0.391. The Morgan fingerprint density at radius 2 is 1.97 bits per heavy atom. The molecule has 29 heavy (non-hydrogen) atoms. The highest BCUT2D eigenvalue weighted by Gasteiger charge is 2.25. The number of carbonyl (C=O) groups is 2. The highest BCUT2D eigenvalue weighted by atomic mass is 19.1. The predicted molar refractivity (Wildman–Crippen MR) is 113 cm³/mol. The molecule has 2 aromatic rings. The smallest absolute Gasteiger partial charge is 0.317 e. The van der Waals surface area contributed by atoms with Crippen LogP contribution in [0.5, 0.6) is 0 Å². The number of hydrogen-bond donors (Lipinski definition) is 2. The summed E-state index contributed by atoms with van der Waals surface area (Å²) in [4.78, 5) is 26.8. The fourth-order valence-corrected chi connectivity index (χ4v) is 3.62. The Labute approximate surface area is 171 Å². The van der Waals surface area contributed by atoms with Crippen molar-refractivity contribution in [2.45, 2.75) is 45.6 Å². The van der Waals surface area contributed by atoms with Crippen LogP contribution in [0, 0.1) is 12.7 Å². The standard InChI is InChI=1S/C23H28FN3O2/c1-15(2)25-23(29)27-11-5-8-19(14-27)17-6-4-7-18(13-17)22(28)26-21-10-9-16(3)12-20(21)24/h4,6-7,9-10,12-13,15,19H,5,8,11,14H2,1-3H3,(H,25,29)(H,26,28)/t19-/m1/s1. The molecule has 1 heterocycles. The van der Waals surface area contributed by atoms with Crippen LogP contribution in [0.4, 0.5) is 14.9 Å². The first-order valence-corrected chi connectivity index (χ1v) is 10.1. The molecule has 0 saturated carbocycles. The number of nitrogens with one attached hydrogen (secondary N) is 2. The van der Waals surface area contributed by atoms with Gasteiger partial charge in [0.15, 0.2) is 0 Å². The van der Waals surface area contributed by atoms with Crippen molar-refractivity contribution in [2.24, 2.45) is 0 Å². The molecule has 0 spiro atoms.